The summed E-state index contributed by atoms with van der Waals surface area (Å²) in [4.78, 5) is 15.7. The van der Waals surface area contributed by atoms with E-state index in [0.29, 0.717) is 0 Å². The third-order valence-corrected chi connectivity index (χ3v) is 4.85. The minimum atomic E-state index is -0.692. The van der Waals surface area contributed by atoms with Gasteiger partial charge in [-0.25, -0.2) is 0 Å². The van der Waals surface area contributed by atoms with E-state index < -0.39 is 5.97 Å². The average molecular weight is 287 g/mol. The monoisotopic (exact) mass is 287 g/mol. The Morgan fingerprint density at radius 2 is 2.05 bits per heavy atom. The van der Waals surface area contributed by atoms with Crippen LogP contribution in [-0.4, -0.2) is 28.6 Å². The van der Waals surface area contributed by atoms with Crippen molar-refractivity contribution in [3.05, 3.63) is 47.3 Å². The fourth-order valence-electron chi connectivity index (χ4n) is 2.72. The molecule has 20 heavy (non-hydrogen) atoms. The second-order valence-electron chi connectivity index (χ2n) is 5.10. The van der Waals surface area contributed by atoms with Crippen LogP contribution in [0.25, 0.3) is 10.4 Å². The molecule has 1 aromatic carbocycles. The molecule has 3 rings (SSSR count). The van der Waals surface area contributed by atoms with Gasteiger partial charge in [-0.15, -0.1) is 11.3 Å². The number of carboxylic acids is 1. The van der Waals surface area contributed by atoms with Crippen LogP contribution in [-0.2, 0) is 11.3 Å². The van der Waals surface area contributed by atoms with Gasteiger partial charge in [0.25, 0.3) is 0 Å². The highest BCUT2D eigenvalue weighted by Crippen LogP contribution is 2.30. The summed E-state index contributed by atoms with van der Waals surface area (Å²) in [7, 11) is 0. The third-order valence-electron chi connectivity index (χ3n) is 3.73. The molecule has 0 amide bonds. The van der Waals surface area contributed by atoms with Gasteiger partial charge in [0.15, 0.2) is 0 Å². The van der Waals surface area contributed by atoms with E-state index in [1.165, 1.54) is 15.3 Å². The largest absolute Gasteiger partial charge is 0.480 e. The molecule has 1 N–H and O–H groups in total. The standard InChI is InChI=1S/C16H17NO2S/c18-16(19)14-7-4-10-17(14)11-13-8-9-15(20-13)12-5-2-1-3-6-12/h1-3,5-6,8-9,14H,4,7,10-11H2,(H,18,19). The van der Waals surface area contributed by atoms with Crippen molar-refractivity contribution in [1.82, 2.24) is 4.90 Å². The normalized spacial score (nSPS) is 19.3. The van der Waals surface area contributed by atoms with Crippen molar-refractivity contribution in [3.8, 4) is 10.4 Å². The first-order chi connectivity index (χ1) is 9.74. The van der Waals surface area contributed by atoms with E-state index in [0.717, 1.165) is 25.9 Å². The molecule has 0 saturated carbocycles. The first-order valence-corrected chi connectivity index (χ1v) is 7.66. The van der Waals surface area contributed by atoms with Crippen LogP contribution in [0.1, 0.15) is 17.7 Å². The predicted octanol–water partition coefficient (Wildman–Crippen LogP) is 3.46. The molecule has 0 radical (unpaired) electrons. The Bertz CT molecular complexity index is 594. The molecular weight excluding hydrogens is 270 g/mol. The summed E-state index contributed by atoms with van der Waals surface area (Å²) in [6.45, 7) is 1.63. The number of carboxylic acid groups (broad SMARTS) is 1. The van der Waals surface area contributed by atoms with Crippen molar-refractivity contribution in [2.45, 2.75) is 25.4 Å². The second-order valence-corrected chi connectivity index (χ2v) is 6.27. The van der Waals surface area contributed by atoms with Crippen molar-refractivity contribution in [3.63, 3.8) is 0 Å². The molecule has 1 saturated heterocycles. The van der Waals surface area contributed by atoms with E-state index in [1.807, 2.05) is 18.2 Å². The van der Waals surface area contributed by atoms with Gasteiger partial charge in [0, 0.05) is 16.3 Å². The van der Waals surface area contributed by atoms with Gasteiger partial charge in [-0.1, -0.05) is 30.3 Å². The minimum absolute atomic E-state index is 0.308. The molecule has 0 spiro atoms. The molecule has 3 nitrogen and oxygen atoms in total. The summed E-state index contributed by atoms with van der Waals surface area (Å²) in [6, 6.07) is 14.2. The topological polar surface area (TPSA) is 40.5 Å². The molecule has 104 valence electrons. The smallest absolute Gasteiger partial charge is 0.320 e. The Kier molecular flexibility index (Phi) is 3.85. The van der Waals surface area contributed by atoms with Crippen molar-refractivity contribution in [2.75, 3.05) is 6.54 Å². The molecule has 1 aliphatic rings. The van der Waals surface area contributed by atoms with E-state index in [4.69, 9.17) is 0 Å². The zero-order valence-electron chi connectivity index (χ0n) is 11.2. The van der Waals surface area contributed by atoms with E-state index in [2.05, 4.69) is 29.2 Å². The highest BCUT2D eigenvalue weighted by Gasteiger charge is 2.30. The molecule has 1 atom stereocenters. The van der Waals surface area contributed by atoms with Gasteiger partial charge in [-0.3, -0.25) is 9.69 Å². The molecule has 4 heteroatoms. The van der Waals surface area contributed by atoms with Crippen molar-refractivity contribution < 1.29 is 9.90 Å². The molecule has 1 aliphatic heterocycles. The average Bonchev–Trinajstić information content (AvgIpc) is 3.09. The third kappa shape index (κ3) is 2.76. The van der Waals surface area contributed by atoms with E-state index in [-0.39, 0.29) is 6.04 Å². The lowest BCUT2D eigenvalue weighted by Crippen LogP contribution is -2.35. The number of rotatable bonds is 4. The van der Waals surface area contributed by atoms with E-state index in [9.17, 15) is 9.90 Å². The molecule has 0 aliphatic carbocycles. The highest BCUT2D eigenvalue weighted by atomic mass is 32.1. The van der Waals surface area contributed by atoms with Gasteiger partial charge < -0.3 is 5.11 Å². The maximum absolute atomic E-state index is 11.2. The van der Waals surface area contributed by atoms with Crippen LogP contribution in [0.2, 0.25) is 0 Å². The maximum atomic E-state index is 11.2. The molecule has 1 aromatic heterocycles. The molecule has 2 heterocycles. The van der Waals surface area contributed by atoms with Crippen LogP contribution < -0.4 is 0 Å². The SMILES string of the molecule is O=C(O)C1CCCN1Cc1ccc(-c2ccccc2)s1. The molecule has 0 bridgehead atoms. The van der Waals surface area contributed by atoms with Gasteiger partial charge in [0.1, 0.15) is 6.04 Å². The lowest BCUT2D eigenvalue weighted by atomic mass is 10.2. The van der Waals surface area contributed by atoms with Crippen LogP contribution in [0.5, 0.6) is 0 Å². The summed E-state index contributed by atoms with van der Waals surface area (Å²) in [5, 5.41) is 9.21. The lowest BCUT2D eigenvalue weighted by molar-refractivity contribution is -0.142. The molecule has 1 unspecified atom stereocenters. The Morgan fingerprint density at radius 3 is 2.80 bits per heavy atom. The first kappa shape index (κ1) is 13.3. The Hall–Kier alpha value is -1.65. The molecular formula is C16H17NO2S. The minimum Gasteiger partial charge on any atom is -0.480 e. The summed E-state index contributed by atoms with van der Waals surface area (Å²) in [5.74, 6) is -0.692. The summed E-state index contributed by atoms with van der Waals surface area (Å²) in [5.41, 5.74) is 1.22. The van der Waals surface area contributed by atoms with Gasteiger partial charge in [-0.05, 0) is 37.1 Å². The van der Waals surface area contributed by atoms with Crippen LogP contribution in [0.15, 0.2) is 42.5 Å². The summed E-state index contributed by atoms with van der Waals surface area (Å²) in [6.07, 6.45) is 1.75. The summed E-state index contributed by atoms with van der Waals surface area (Å²) >= 11 is 1.75. The highest BCUT2D eigenvalue weighted by molar-refractivity contribution is 7.15. The van der Waals surface area contributed by atoms with Gasteiger partial charge in [0.2, 0.25) is 0 Å². The quantitative estimate of drug-likeness (QED) is 0.936. The Labute approximate surface area is 122 Å². The number of benzene rings is 1. The number of hydrogen-bond donors (Lipinski definition) is 1. The van der Waals surface area contributed by atoms with Crippen LogP contribution in [0.4, 0.5) is 0 Å². The number of likely N-dealkylation sites (tertiary alicyclic amines) is 1. The second kappa shape index (κ2) is 5.77. The van der Waals surface area contributed by atoms with Gasteiger partial charge in [0.05, 0.1) is 0 Å². The zero-order chi connectivity index (χ0) is 13.9. The number of aliphatic carboxylic acids is 1. The fraction of sp³-hybridized carbons (Fsp3) is 0.312. The van der Waals surface area contributed by atoms with E-state index in [1.54, 1.807) is 11.3 Å². The van der Waals surface area contributed by atoms with Gasteiger partial charge >= 0.3 is 5.97 Å². The Morgan fingerprint density at radius 1 is 1.25 bits per heavy atom. The fourth-order valence-corrected chi connectivity index (χ4v) is 3.75. The number of nitrogens with zero attached hydrogens (tertiary/aromatic N) is 1. The lowest BCUT2D eigenvalue weighted by Gasteiger charge is -2.19. The van der Waals surface area contributed by atoms with E-state index >= 15 is 0 Å². The van der Waals surface area contributed by atoms with Crippen molar-refractivity contribution >= 4 is 17.3 Å². The van der Waals surface area contributed by atoms with Crippen molar-refractivity contribution in [1.29, 1.82) is 0 Å². The summed E-state index contributed by atoms with van der Waals surface area (Å²) < 4.78 is 0. The molecule has 1 fully saturated rings. The van der Waals surface area contributed by atoms with Crippen LogP contribution >= 0.6 is 11.3 Å². The number of hydrogen-bond acceptors (Lipinski definition) is 3. The van der Waals surface area contributed by atoms with Crippen LogP contribution in [0, 0.1) is 0 Å². The number of carbonyl (C=O) groups is 1. The Balaban J connectivity index is 1.73. The predicted molar refractivity (Wildman–Crippen MR) is 80.8 cm³/mol. The molecule has 2 aromatic rings. The van der Waals surface area contributed by atoms with Gasteiger partial charge in [-0.2, -0.15) is 0 Å². The first-order valence-electron chi connectivity index (χ1n) is 6.85. The number of thiophene rings is 1. The van der Waals surface area contributed by atoms with Crippen molar-refractivity contribution in [2.24, 2.45) is 0 Å². The maximum Gasteiger partial charge on any atom is 0.320 e. The zero-order valence-corrected chi connectivity index (χ0v) is 12.0. The van der Waals surface area contributed by atoms with Crippen LogP contribution in [0.3, 0.4) is 0 Å².